The number of phenols is 1. The van der Waals surface area contributed by atoms with E-state index in [0.29, 0.717) is 11.5 Å². The number of para-hydroxylation sites is 1. The number of aromatic hydroxyl groups is 1. The summed E-state index contributed by atoms with van der Waals surface area (Å²) in [4.78, 5) is 7.10. The number of rotatable bonds is 4. The van der Waals surface area contributed by atoms with E-state index in [9.17, 15) is 5.11 Å². The van der Waals surface area contributed by atoms with E-state index in [1.54, 1.807) is 6.07 Å². The molecular weight excluding hydrogens is 360 g/mol. The first kappa shape index (κ1) is 17.6. The molecule has 29 heavy (non-hydrogen) atoms. The zero-order chi connectivity index (χ0) is 19.8. The Morgan fingerprint density at radius 2 is 1.69 bits per heavy atom. The number of ether oxygens (including phenoxy) is 1. The lowest BCUT2D eigenvalue weighted by molar-refractivity contribution is 0.416. The van der Waals surface area contributed by atoms with Crippen LogP contribution in [0.4, 0.5) is 5.69 Å². The summed E-state index contributed by atoms with van der Waals surface area (Å²) in [5.74, 6) is 1.29. The highest BCUT2D eigenvalue weighted by molar-refractivity contribution is 6.01. The van der Waals surface area contributed by atoms with Crippen molar-refractivity contribution in [2.24, 2.45) is 0 Å². The summed E-state index contributed by atoms with van der Waals surface area (Å²) < 4.78 is 5.96. The molecule has 0 bridgehead atoms. The Kier molecular flexibility index (Phi) is 4.32. The summed E-state index contributed by atoms with van der Waals surface area (Å²) >= 11 is 0. The SMILES string of the molecule is Cc1nc2ccc(Oc3ccccc3)c(O)c2c2c1CCN2Cc1ccccc1. The van der Waals surface area contributed by atoms with E-state index in [1.807, 2.05) is 42.5 Å². The molecule has 4 heteroatoms. The zero-order valence-electron chi connectivity index (χ0n) is 16.3. The van der Waals surface area contributed by atoms with Gasteiger partial charge in [0.05, 0.1) is 16.6 Å². The molecule has 0 fully saturated rings. The van der Waals surface area contributed by atoms with Gasteiger partial charge in [0, 0.05) is 18.8 Å². The fourth-order valence-electron chi connectivity index (χ4n) is 4.13. The number of hydrogen-bond donors (Lipinski definition) is 1. The summed E-state index contributed by atoms with van der Waals surface area (Å²) in [5.41, 5.74) is 5.35. The van der Waals surface area contributed by atoms with E-state index in [1.165, 1.54) is 11.1 Å². The smallest absolute Gasteiger partial charge is 0.170 e. The number of phenolic OH excluding ortho intramolecular Hbond substituents is 1. The predicted molar refractivity (Wildman–Crippen MR) is 116 cm³/mol. The summed E-state index contributed by atoms with van der Waals surface area (Å²) in [6.45, 7) is 3.76. The molecular formula is C25H22N2O2. The van der Waals surface area contributed by atoms with Gasteiger partial charge in [-0.25, -0.2) is 0 Å². The van der Waals surface area contributed by atoms with Gasteiger partial charge in [-0.2, -0.15) is 0 Å². The van der Waals surface area contributed by atoms with Gasteiger partial charge in [0.15, 0.2) is 11.5 Å². The molecule has 0 unspecified atom stereocenters. The average Bonchev–Trinajstić information content (AvgIpc) is 3.16. The Morgan fingerprint density at radius 1 is 0.966 bits per heavy atom. The van der Waals surface area contributed by atoms with Crippen LogP contribution in [0.2, 0.25) is 0 Å². The van der Waals surface area contributed by atoms with Crippen LogP contribution in [-0.4, -0.2) is 16.6 Å². The molecule has 0 spiro atoms. The van der Waals surface area contributed by atoms with Gasteiger partial charge in [-0.05, 0) is 48.7 Å². The third-order valence-corrected chi connectivity index (χ3v) is 5.50. The molecule has 0 amide bonds. The van der Waals surface area contributed by atoms with Crippen molar-refractivity contribution in [1.29, 1.82) is 0 Å². The minimum absolute atomic E-state index is 0.148. The van der Waals surface area contributed by atoms with Gasteiger partial charge in [-0.3, -0.25) is 4.98 Å². The second-order valence-electron chi connectivity index (χ2n) is 7.40. The van der Waals surface area contributed by atoms with Crippen LogP contribution < -0.4 is 9.64 Å². The second kappa shape index (κ2) is 7.13. The Bertz CT molecular complexity index is 1170. The number of aryl methyl sites for hydroxylation is 1. The van der Waals surface area contributed by atoms with Crippen molar-refractivity contribution in [3.8, 4) is 17.2 Å². The number of fused-ring (bicyclic) bond motifs is 3. The molecule has 1 aliphatic heterocycles. The maximum absolute atomic E-state index is 11.2. The molecule has 2 heterocycles. The van der Waals surface area contributed by atoms with Crippen LogP contribution in [0, 0.1) is 6.92 Å². The van der Waals surface area contributed by atoms with Crippen molar-refractivity contribution in [1.82, 2.24) is 4.98 Å². The third-order valence-electron chi connectivity index (χ3n) is 5.50. The van der Waals surface area contributed by atoms with Crippen molar-refractivity contribution < 1.29 is 9.84 Å². The maximum atomic E-state index is 11.2. The van der Waals surface area contributed by atoms with Crippen molar-refractivity contribution in [2.75, 3.05) is 11.4 Å². The normalized spacial score (nSPS) is 12.9. The molecule has 144 valence electrons. The summed E-state index contributed by atoms with van der Waals surface area (Å²) in [6.07, 6.45) is 0.931. The van der Waals surface area contributed by atoms with Crippen molar-refractivity contribution in [2.45, 2.75) is 19.9 Å². The molecule has 1 aliphatic rings. The Morgan fingerprint density at radius 3 is 2.45 bits per heavy atom. The molecule has 3 aromatic carbocycles. The van der Waals surface area contributed by atoms with Gasteiger partial charge in [0.1, 0.15) is 5.75 Å². The fraction of sp³-hybridized carbons (Fsp3) is 0.160. The Hall–Kier alpha value is -3.53. The molecule has 4 aromatic rings. The summed E-state index contributed by atoms with van der Waals surface area (Å²) in [6, 6.07) is 23.7. The molecule has 0 saturated carbocycles. The third kappa shape index (κ3) is 3.17. The minimum atomic E-state index is 0.148. The molecule has 4 nitrogen and oxygen atoms in total. The monoisotopic (exact) mass is 382 g/mol. The Labute approximate surface area is 170 Å². The van der Waals surface area contributed by atoms with Crippen molar-refractivity contribution in [3.63, 3.8) is 0 Å². The number of benzene rings is 3. The minimum Gasteiger partial charge on any atom is -0.504 e. The topological polar surface area (TPSA) is 45.6 Å². The first-order chi connectivity index (χ1) is 14.2. The van der Waals surface area contributed by atoms with E-state index in [2.05, 4.69) is 36.1 Å². The Balaban J connectivity index is 1.63. The predicted octanol–water partition coefficient (Wildman–Crippen LogP) is 5.60. The summed E-state index contributed by atoms with van der Waals surface area (Å²) in [7, 11) is 0. The molecule has 0 aliphatic carbocycles. The lowest BCUT2D eigenvalue weighted by atomic mass is 10.0. The van der Waals surface area contributed by atoms with Gasteiger partial charge in [-0.15, -0.1) is 0 Å². The van der Waals surface area contributed by atoms with Crippen LogP contribution in [-0.2, 0) is 13.0 Å². The van der Waals surface area contributed by atoms with Gasteiger partial charge < -0.3 is 14.7 Å². The number of hydrogen-bond acceptors (Lipinski definition) is 4. The van der Waals surface area contributed by atoms with Crippen molar-refractivity contribution >= 4 is 16.6 Å². The molecule has 1 N–H and O–H groups in total. The van der Waals surface area contributed by atoms with E-state index in [0.717, 1.165) is 41.8 Å². The first-order valence-corrected chi connectivity index (χ1v) is 9.87. The highest BCUT2D eigenvalue weighted by atomic mass is 16.5. The lowest BCUT2D eigenvalue weighted by Crippen LogP contribution is -2.20. The highest BCUT2D eigenvalue weighted by Gasteiger charge is 2.27. The van der Waals surface area contributed by atoms with Crippen molar-refractivity contribution in [3.05, 3.63) is 89.6 Å². The van der Waals surface area contributed by atoms with Gasteiger partial charge in [0.25, 0.3) is 0 Å². The van der Waals surface area contributed by atoms with E-state index < -0.39 is 0 Å². The molecule has 0 atom stereocenters. The van der Waals surface area contributed by atoms with E-state index >= 15 is 0 Å². The van der Waals surface area contributed by atoms with Crippen LogP contribution in [0.25, 0.3) is 10.9 Å². The maximum Gasteiger partial charge on any atom is 0.170 e. The first-order valence-electron chi connectivity index (χ1n) is 9.87. The highest BCUT2D eigenvalue weighted by Crippen LogP contribution is 2.45. The number of nitrogens with zero attached hydrogens (tertiary/aromatic N) is 2. The van der Waals surface area contributed by atoms with Gasteiger partial charge >= 0.3 is 0 Å². The molecule has 5 rings (SSSR count). The second-order valence-corrected chi connectivity index (χ2v) is 7.40. The van der Waals surface area contributed by atoms with E-state index in [-0.39, 0.29) is 5.75 Å². The van der Waals surface area contributed by atoms with Gasteiger partial charge in [0.2, 0.25) is 0 Å². The molecule has 1 aromatic heterocycles. The van der Waals surface area contributed by atoms with Crippen LogP contribution in [0.15, 0.2) is 72.8 Å². The lowest BCUT2D eigenvalue weighted by Gasteiger charge is -2.22. The standard InChI is InChI=1S/C25H22N2O2/c1-17-20-14-15-27(16-18-8-4-2-5-9-18)24(20)23-21(26-17)12-13-22(25(23)28)29-19-10-6-3-7-11-19/h2-13,28H,14-16H2,1H3. The fourth-order valence-corrected chi connectivity index (χ4v) is 4.13. The van der Waals surface area contributed by atoms with Gasteiger partial charge in [-0.1, -0.05) is 48.5 Å². The number of aromatic nitrogens is 1. The molecule has 0 radical (unpaired) electrons. The van der Waals surface area contributed by atoms with Crippen LogP contribution >= 0.6 is 0 Å². The number of anilines is 1. The van der Waals surface area contributed by atoms with Crippen LogP contribution in [0.5, 0.6) is 17.2 Å². The number of pyridine rings is 1. The zero-order valence-corrected chi connectivity index (χ0v) is 16.3. The van der Waals surface area contributed by atoms with E-state index in [4.69, 9.17) is 9.72 Å². The van der Waals surface area contributed by atoms with Crippen LogP contribution in [0.3, 0.4) is 0 Å². The largest absolute Gasteiger partial charge is 0.504 e. The summed E-state index contributed by atoms with van der Waals surface area (Å²) in [5, 5.41) is 11.9. The quantitative estimate of drug-likeness (QED) is 0.499. The molecule has 0 saturated heterocycles. The average molecular weight is 382 g/mol. The van der Waals surface area contributed by atoms with Crippen LogP contribution in [0.1, 0.15) is 16.8 Å².